The highest BCUT2D eigenvalue weighted by Gasteiger charge is 2.32. The van der Waals surface area contributed by atoms with Crippen LogP contribution in [-0.4, -0.2) is 54.7 Å². The summed E-state index contributed by atoms with van der Waals surface area (Å²) in [4.78, 5) is 32.7. The van der Waals surface area contributed by atoms with Crippen molar-refractivity contribution in [3.63, 3.8) is 0 Å². The van der Waals surface area contributed by atoms with Gasteiger partial charge in [-0.3, -0.25) is 9.69 Å². The summed E-state index contributed by atoms with van der Waals surface area (Å²) in [6.07, 6.45) is 1.96. The van der Waals surface area contributed by atoms with Gasteiger partial charge < -0.3 is 4.90 Å². The second-order valence-electron chi connectivity index (χ2n) is 8.73. The zero-order valence-electron chi connectivity index (χ0n) is 19.5. The molecule has 0 bridgehead atoms. The van der Waals surface area contributed by atoms with E-state index in [-0.39, 0.29) is 24.1 Å². The van der Waals surface area contributed by atoms with E-state index in [0.717, 1.165) is 46.4 Å². The maximum absolute atomic E-state index is 12.9. The van der Waals surface area contributed by atoms with Crippen molar-refractivity contribution in [1.29, 1.82) is 5.26 Å². The van der Waals surface area contributed by atoms with Crippen LogP contribution in [0.3, 0.4) is 0 Å². The van der Waals surface area contributed by atoms with Crippen LogP contribution in [-0.2, 0) is 13.5 Å². The van der Waals surface area contributed by atoms with Crippen molar-refractivity contribution in [2.24, 2.45) is 7.05 Å². The summed E-state index contributed by atoms with van der Waals surface area (Å²) in [5.74, 6) is 0. The summed E-state index contributed by atoms with van der Waals surface area (Å²) in [7, 11) is 1.71. The minimum absolute atomic E-state index is 0.135. The fourth-order valence-corrected chi connectivity index (χ4v) is 6.15. The van der Waals surface area contributed by atoms with Crippen LogP contribution in [0.5, 0.6) is 0 Å². The number of imidazole rings is 1. The summed E-state index contributed by atoms with van der Waals surface area (Å²) in [5, 5.41) is 10.1. The van der Waals surface area contributed by atoms with Crippen LogP contribution in [0.1, 0.15) is 36.3 Å². The monoisotopic (exact) mass is 540 g/mol. The lowest BCUT2D eigenvalue weighted by Gasteiger charge is -2.43. The standard InChI is InChI=1S/C23H25BrN8OS/c1-13-11-30(14(2)17-5-6-18-22(28-17)34-15(3)26-18)9-10-31(13)20-19(24)23(33)29(4)32-12-16(7-8-25)27-21(20)32/h5-6,12-14H,7,9-11H2,1-4H3. The van der Waals surface area contributed by atoms with Crippen molar-refractivity contribution in [3.05, 3.63) is 49.6 Å². The molecule has 9 nitrogen and oxygen atoms in total. The fourth-order valence-electron chi connectivity index (χ4n) is 4.70. The smallest absolute Gasteiger partial charge is 0.281 e. The molecule has 176 valence electrons. The Labute approximate surface area is 209 Å². The maximum Gasteiger partial charge on any atom is 0.281 e. The second-order valence-corrected chi connectivity index (χ2v) is 10.7. The molecule has 1 fully saturated rings. The van der Waals surface area contributed by atoms with Crippen LogP contribution in [0.15, 0.2) is 27.6 Å². The average molecular weight is 541 g/mol. The SMILES string of the molecule is Cc1nc2ccc(C(C)N3CCN(c4c(Br)c(=O)n(C)n5cc(CC#N)nc45)C(C)C3)nc2s1. The molecule has 2 atom stereocenters. The zero-order chi connectivity index (χ0) is 24.1. The largest absolute Gasteiger partial charge is 0.362 e. The normalized spacial score (nSPS) is 18.0. The number of thiazole rings is 1. The van der Waals surface area contributed by atoms with Crippen LogP contribution < -0.4 is 10.5 Å². The van der Waals surface area contributed by atoms with Gasteiger partial charge in [0.25, 0.3) is 5.56 Å². The van der Waals surface area contributed by atoms with Gasteiger partial charge in [-0.1, -0.05) is 11.3 Å². The number of fused-ring (bicyclic) bond motifs is 2. The molecule has 4 aromatic rings. The maximum atomic E-state index is 12.9. The van der Waals surface area contributed by atoms with E-state index in [0.29, 0.717) is 15.8 Å². The van der Waals surface area contributed by atoms with Crippen LogP contribution in [0.2, 0.25) is 0 Å². The van der Waals surface area contributed by atoms with E-state index in [1.54, 1.807) is 29.1 Å². The van der Waals surface area contributed by atoms with Crippen molar-refractivity contribution < 1.29 is 0 Å². The Morgan fingerprint density at radius 1 is 1.29 bits per heavy atom. The number of aryl methyl sites for hydroxylation is 2. The molecule has 5 rings (SSSR count). The summed E-state index contributed by atoms with van der Waals surface area (Å²) in [6.45, 7) is 8.76. The number of halogens is 1. The number of nitrogens with zero attached hydrogens (tertiary/aromatic N) is 8. The number of pyridine rings is 1. The number of hydrogen-bond acceptors (Lipinski definition) is 8. The summed E-state index contributed by atoms with van der Waals surface area (Å²) >= 11 is 5.17. The molecule has 4 aromatic heterocycles. The highest BCUT2D eigenvalue weighted by Crippen LogP contribution is 2.33. The molecule has 0 radical (unpaired) electrons. The van der Waals surface area contributed by atoms with Gasteiger partial charge in [-0.25, -0.2) is 24.1 Å². The van der Waals surface area contributed by atoms with Gasteiger partial charge in [0.1, 0.15) is 20.5 Å². The number of rotatable bonds is 4. The average Bonchev–Trinajstić information content (AvgIpc) is 3.40. The van der Waals surface area contributed by atoms with Gasteiger partial charge >= 0.3 is 0 Å². The molecule has 0 spiro atoms. The first kappa shape index (κ1) is 23.0. The number of aromatic nitrogens is 5. The predicted molar refractivity (Wildman–Crippen MR) is 136 cm³/mol. The Bertz CT molecular complexity index is 1500. The van der Waals surface area contributed by atoms with Crippen molar-refractivity contribution in [1.82, 2.24) is 29.0 Å². The minimum Gasteiger partial charge on any atom is -0.362 e. The lowest BCUT2D eigenvalue weighted by Crippen LogP contribution is -2.53. The highest BCUT2D eigenvalue weighted by molar-refractivity contribution is 9.10. The van der Waals surface area contributed by atoms with Gasteiger partial charge in [-0.05, 0) is 48.8 Å². The third-order valence-corrected chi connectivity index (χ3v) is 8.12. The van der Waals surface area contributed by atoms with Gasteiger partial charge in [-0.15, -0.1) is 0 Å². The molecule has 34 heavy (non-hydrogen) atoms. The number of nitriles is 1. The van der Waals surface area contributed by atoms with E-state index in [9.17, 15) is 4.79 Å². The summed E-state index contributed by atoms with van der Waals surface area (Å²) < 4.78 is 3.76. The highest BCUT2D eigenvalue weighted by atomic mass is 79.9. The Morgan fingerprint density at radius 3 is 2.82 bits per heavy atom. The Hall–Kier alpha value is -2.81. The first-order valence-corrected chi connectivity index (χ1v) is 12.8. The number of hydrogen-bond donors (Lipinski definition) is 0. The van der Waals surface area contributed by atoms with E-state index in [1.807, 2.05) is 6.92 Å². The van der Waals surface area contributed by atoms with Crippen molar-refractivity contribution in [2.75, 3.05) is 24.5 Å². The molecule has 1 aliphatic heterocycles. The number of piperazine rings is 1. The van der Waals surface area contributed by atoms with Gasteiger partial charge in [0, 0.05) is 38.8 Å². The molecule has 11 heteroatoms. The first-order chi connectivity index (χ1) is 16.3. The fraction of sp³-hybridized carbons (Fsp3) is 0.435. The van der Waals surface area contributed by atoms with Gasteiger partial charge in [0.2, 0.25) is 0 Å². The summed E-state index contributed by atoms with van der Waals surface area (Å²) in [5.41, 5.74) is 3.97. The van der Waals surface area contributed by atoms with Crippen molar-refractivity contribution >= 4 is 48.9 Å². The van der Waals surface area contributed by atoms with E-state index in [1.165, 1.54) is 4.68 Å². The minimum atomic E-state index is -0.135. The number of anilines is 1. The molecule has 0 aliphatic carbocycles. The lowest BCUT2D eigenvalue weighted by molar-refractivity contribution is 0.173. The quantitative estimate of drug-likeness (QED) is 0.391. The van der Waals surface area contributed by atoms with Gasteiger partial charge in [-0.2, -0.15) is 5.26 Å². The van der Waals surface area contributed by atoms with Crippen LogP contribution in [0, 0.1) is 18.3 Å². The molecule has 0 aromatic carbocycles. The van der Waals surface area contributed by atoms with Crippen LogP contribution in [0.4, 0.5) is 5.69 Å². The zero-order valence-corrected chi connectivity index (χ0v) is 21.9. The van der Waals surface area contributed by atoms with Gasteiger partial charge in [0.05, 0.1) is 35.1 Å². The second kappa shape index (κ2) is 8.76. The molecule has 1 saturated heterocycles. The molecule has 0 saturated carbocycles. The molecule has 5 heterocycles. The molecular weight excluding hydrogens is 516 g/mol. The van der Waals surface area contributed by atoms with E-state index >= 15 is 0 Å². The van der Waals surface area contributed by atoms with Crippen LogP contribution in [0.25, 0.3) is 16.0 Å². The lowest BCUT2D eigenvalue weighted by atomic mass is 10.1. The molecule has 2 unspecified atom stereocenters. The Kier molecular flexibility index (Phi) is 5.91. The van der Waals surface area contributed by atoms with E-state index < -0.39 is 0 Å². The Balaban J connectivity index is 1.44. The predicted octanol–water partition coefficient (Wildman–Crippen LogP) is 3.45. The van der Waals surface area contributed by atoms with E-state index in [2.05, 4.69) is 67.7 Å². The third-order valence-electron chi connectivity index (χ3n) is 6.53. The molecule has 0 amide bonds. The van der Waals surface area contributed by atoms with Crippen molar-refractivity contribution in [2.45, 2.75) is 39.3 Å². The first-order valence-electron chi connectivity index (χ1n) is 11.2. The van der Waals surface area contributed by atoms with Crippen molar-refractivity contribution in [3.8, 4) is 6.07 Å². The van der Waals surface area contributed by atoms with Crippen LogP contribution >= 0.6 is 27.3 Å². The van der Waals surface area contributed by atoms with Gasteiger partial charge in [0.15, 0.2) is 5.65 Å². The topological polar surface area (TPSA) is 95.3 Å². The van der Waals surface area contributed by atoms with E-state index in [4.69, 9.17) is 10.2 Å². The molecule has 0 N–H and O–H groups in total. The Morgan fingerprint density at radius 2 is 2.09 bits per heavy atom. The third kappa shape index (κ3) is 3.79. The molecule has 1 aliphatic rings. The molecular formula is C23H25BrN8OS. The summed E-state index contributed by atoms with van der Waals surface area (Å²) in [6, 6.07) is 6.59.